The lowest BCUT2D eigenvalue weighted by molar-refractivity contribution is 0.272. The molecule has 3 nitrogen and oxygen atoms in total. The molecule has 0 aliphatic rings. The minimum atomic E-state index is -2.71. The summed E-state index contributed by atoms with van der Waals surface area (Å²) in [6.45, 7) is -0.620. The summed E-state index contributed by atoms with van der Waals surface area (Å²) >= 11 is 12.1. The third kappa shape index (κ3) is 4.01. The number of hydrogen-bond acceptors (Lipinski definition) is 4. The van der Waals surface area contributed by atoms with Crippen LogP contribution in [0.3, 0.4) is 0 Å². The van der Waals surface area contributed by atoms with E-state index >= 15 is 0 Å². The number of aryl methyl sites for hydroxylation is 1. The Labute approximate surface area is 123 Å². The highest BCUT2D eigenvalue weighted by molar-refractivity contribution is 9.11. The molecule has 0 spiro atoms. The fourth-order valence-corrected chi connectivity index (χ4v) is 3.80. The Morgan fingerprint density at radius 3 is 2.00 bits per heavy atom. The lowest BCUT2D eigenvalue weighted by Crippen LogP contribution is -1.98. The number of rotatable bonds is 5. The van der Waals surface area contributed by atoms with E-state index in [1.165, 1.54) is 19.8 Å². The minimum Gasteiger partial charge on any atom is -0.422 e. The van der Waals surface area contributed by atoms with Crippen molar-refractivity contribution in [2.75, 3.05) is 14.2 Å². The van der Waals surface area contributed by atoms with Gasteiger partial charge in [0.15, 0.2) is 5.75 Å². The Balaban J connectivity index is 3.11. The van der Waals surface area contributed by atoms with E-state index in [1.54, 1.807) is 0 Å². The Hall–Kier alpha value is 0.550. The molecule has 96 valence electrons. The maximum Gasteiger partial charge on any atom is 0.380 e. The van der Waals surface area contributed by atoms with Crippen molar-refractivity contribution in [2.45, 2.75) is 13.3 Å². The summed E-state index contributed by atoms with van der Waals surface area (Å²) in [5, 5.41) is 0. The van der Waals surface area contributed by atoms with Crippen LogP contribution < -0.4 is 4.52 Å². The van der Waals surface area contributed by atoms with E-state index < -0.39 is 6.72 Å². The van der Waals surface area contributed by atoms with Gasteiger partial charge in [-0.05, 0) is 56.0 Å². The van der Waals surface area contributed by atoms with Gasteiger partial charge in [0.25, 0.3) is 0 Å². The first-order chi connectivity index (χ1) is 7.95. The highest BCUT2D eigenvalue weighted by Crippen LogP contribution is 2.51. The van der Waals surface area contributed by atoms with Gasteiger partial charge in [0.1, 0.15) is 0 Å². The summed E-state index contributed by atoms with van der Waals surface area (Å²) in [5.41, 5.74) is 1.19. The summed E-state index contributed by atoms with van der Waals surface area (Å²) < 4.78 is 17.5. The van der Waals surface area contributed by atoms with Gasteiger partial charge in [-0.25, -0.2) is 0 Å². The van der Waals surface area contributed by atoms with Gasteiger partial charge < -0.3 is 13.6 Å². The molecular weight excluding hydrogens is 391 g/mol. The number of benzene rings is 1. The van der Waals surface area contributed by atoms with Gasteiger partial charge in [0.05, 0.1) is 8.95 Å². The molecule has 1 rings (SSSR count). The van der Waals surface area contributed by atoms with E-state index in [0.29, 0.717) is 5.75 Å². The first-order valence-corrected chi connectivity index (χ1v) is 8.99. The van der Waals surface area contributed by atoms with E-state index in [0.717, 1.165) is 15.4 Å². The van der Waals surface area contributed by atoms with Crippen LogP contribution >= 0.6 is 38.6 Å². The van der Waals surface area contributed by atoms with Crippen molar-refractivity contribution in [1.29, 1.82) is 0 Å². The van der Waals surface area contributed by atoms with Gasteiger partial charge in [-0.3, -0.25) is 0 Å². The molecule has 0 unspecified atom stereocenters. The Morgan fingerprint density at radius 1 is 1.18 bits per heavy atom. The molecular formula is C10H13Br2O3PS. The summed E-state index contributed by atoms with van der Waals surface area (Å²) in [5.74, 6) is 0.606. The lowest BCUT2D eigenvalue weighted by Gasteiger charge is -2.20. The second kappa shape index (κ2) is 6.64. The normalized spacial score (nSPS) is 11.6. The predicted octanol–water partition coefficient (Wildman–Crippen LogP) is 4.67. The molecule has 17 heavy (non-hydrogen) atoms. The van der Waals surface area contributed by atoms with Crippen molar-refractivity contribution >= 4 is 50.4 Å². The van der Waals surface area contributed by atoms with Gasteiger partial charge in [-0.15, -0.1) is 0 Å². The molecule has 0 fully saturated rings. The van der Waals surface area contributed by atoms with Crippen LogP contribution in [0, 0.1) is 0 Å². The molecule has 0 atom stereocenters. The highest BCUT2D eigenvalue weighted by atomic mass is 79.9. The van der Waals surface area contributed by atoms with Crippen molar-refractivity contribution in [3.63, 3.8) is 0 Å². The van der Waals surface area contributed by atoms with E-state index in [1.807, 2.05) is 12.1 Å². The summed E-state index contributed by atoms with van der Waals surface area (Å²) in [6.07, 6.45) is 0.945. The first-order valence-electron chi connectivity index (χ1n) is 4.84. The maximum absolute atomic E-state index is 5.65. The second-order valence-electron chi connectivity index (χ2n) is 3.15. The highest BCUT2D eigenvalue weighted by Gasteiger charge is 2.22. The van der Waals surface area contributed by atoms with Gasteiger partial charge in [0, 0.05) is 26.0 Å². The predicted molar refractivity (Wildman–Crippen MR) is 80.2 cm³/mol. The molecule has 0 aromatic heterocycles. The summed E-state index contributed by atoms with van der Waals surface area (Å²) in [7, 11) is 2.96. The van der Waals surface area contributed by atoms with Crippen LogP contribution in [-0.2, 0) is 27.3 Å². The third-order valence-electron chi connectivity index (χ3n) is 2.12. The summed E-state index contributed by atoms with van der Waals surface area (Å²) in [4.78, 5) is 0. The minimum absolute atomic E-state index is 0.606. The molecule has 0 radical (unpaired) electrons. The quantitative estimate of drug-likeness (QED) is 0.667. The zero-order valence-electron chi connectivity index (χ0n) is 9.70. The Bertz CT molecular complexity index is 422. The fourth-order valence-electron chi connectivity index (χ4n) is 1.16. The van der Waals surface area contributed by atoms with Crippen molar-refractivity contribution in [3.8, 4) is 5.75 Å². The molecule has 1 aromatic carbocycles. The van der Waals surface area contributed by atoms with Crippen LogP contribution in [0.5, 0.6) is 5.75 Å². The topological polar surface area (TPSA) is 27.7 Å². The third-order valence-corrected chi connectivity index (χ3v) is 5.71. The average molecular weight is 404 g/mol. The van der Waals surface area contributed by atoms with Crippen LogP contribution in [0.4, 0.5) is 0 Å². The van der Waals surface area contributed by atoms with Crippen molar-refractivity contribution in [1.82, 2.24) is 0 Å². The van der Waals surface area contributed by atoms with E-state index in [-0.39, 0.29) is 0 Å². The van der Waals surface area contributed by atoms with Crippen molar-refractivity contribution in [3.05, 3.63) is 26.6 Å². The first kappa shape index (κ1) is 15.6. The standard InChI is InChI=1S/C10H13Br2O3PS/c1-4-7-5-8(11)10(9(12)6-7)15-16(17,13-2)14-3/h5-6H,4H2,1-3H3. The fraction of sp³-hybridized carbons (Fsp3) is 0.400. The SMILES string of the molecule is CCc1cc(Br)c(OP(=S)(OC)OC)c(Br)c1. The molecule has 0 bridgehead atoms. The second-order valence-corrected chi connectivity index (χ2v) is 8.00. The zero-order chi connectivity index (χ0) is 13.1. The van der Waals surface area contributed by atoms with Gasteiger partial charge in [-0.1, -0.05) is 6.92 Å². The molecule has 0 heterocycles. The van der Waals surface area contributed by atoms with Crippen LogP contribution in [0.15, 0.2) is 21.1 Å². The summed E-state index contributed by atoms with van der Waals surface area (Å²) in [6, 6.07) is 3.98. The molecule has 1 aromatic rings. The van der Waals surface area contributed by atoms with Crippen LogP contribution in [0.2, 0.25) is 0 Å². The average Bonchev–Trinajstić information content (AvgIpc) is 2.33. The van der Waals surface area contributed by atoms with Gasteiger partial charge in [-0.2, -0.15) is 0 Å². The zero-order valence-corrected chi connectivity index (χ0v) is 14.6. The smallest absolute Gasteiger partial charge is 0.380 e. The van der Waals surface area contributed by atoms with Crippen LogP contribution in [-0.4, -0.2) is 14.2 Å². The largest absolute Gasteiger partial charge is 0.422 e. The van der Waals surface area contributed by atoms with E-state index in [9.17, 15) is 0 Å². The van der Waals surface area contributed by atoms with Crippen LogP contribution in [0.1, 0.15) is 12.5 Å². The van der Waals surface area contributed by atoms with Gasteiger partial charge in [0.2, 0.25) is 0 Å². The molecule has 0 aliphatic heterocycles. The maximum atomic E-state index is 5.65. The molecule has 0 saturated heterocycles. The number of halogens is 2. The molecule has 7 heteroatoms. The molecule has 0 N–H and O–H groups in total. The van der Waals surface area contributed by atoms with Crippen molar-refractivity contribution in [2.24, 2.45) is 0 Å². The monoisotopic (exact) mass is 402 g/mol. The Morgan fingerprint density at radius 2 is 1.65 bits per heavy atom. The van der Waals surface area contributed by atoms with Crippen molar-refractivity contribution < 1.29 is 13.6 Å². The number of hydrogen-bond donors (Lipinski definition) is 0. The van der Waals surface area contributed by atoms with Gasteiger partial charge >= 0.3 is 6.72 Å². The molecule has 0 saturated carbocycles. The lowest BCUT2D eigenvalue weighted by atomic mass is 10.2. The molecule has 0 amide bonds. The Kier molecular flexibility index (Phi) is 6.10. The molecule has 0 aliphatic carbocycles. The van der Waals surface area contributed by atoms with E-state index in [4.69, 9.17) is 25.4 Å². The van der Waals surface area contributed by atoms with Crippen LogP contribution in [0.25, 0.3) is 0 Å². The van der Waals surface area contributed by atoms with E-state index in [2.05, 4.69) is 38.8 Å².